The Morgan fingerprint density at radius 3 is 2.65 bits per heavy atom. The standard InChI is InChI=1S/C13H20BrN3/c1-6-7-9(2)15-11-8-10(14)16-12(17-11)13(3,4)5/h6,8-9H,1,7H2,2-5H3,(H,15,16,17). The topological polar surface area (TPSA) is 37.8 Å². The molecule has 4 heteroatoms. The van der Waals surface area contributed by atoms with Crippen LogP contribution in [0.25, 0.3) is 0 Å². The first-order chi connectivity index (χ1) is 7.82. The summed E-state index contributed by atoms with van der Waals surface area (Å²) in [6.45, 7) is 12.1. The predicted molar refractivity (Wildman–Crippen MR) is 76.3 cm³/mol. The van der Waals surface area contributed by atoms with Gasteiger partial charge in [0, 0.05) is 17.5 Å². The molecule has 0 spiro atoms. The zero-order chi connectivity index (χ0) is 13.1. The molecule has 0 radical (unpaired) electrons. The van der Waals surface area contributed by atoms with Gasteiger partial charge in [0.1, 0.15) is 16.2 Å². The average molecular weight is 298 g/mol. The number of halogens is 1. The van der Waals surface area contributed by atoms with Crippen LogP contribution in [0.4, 0.5) is 5.82 Å². The zero-order valence-corrected chi connectivity index (χ0v) is 12.5. The van der Waals surface area contributed by atoms with Gasteiger partial charge in [0.05, 0.1) is 0 Å². The Hall–Kier alpha value is -0.900. The molecule has 0 fully saturated rings. The van der Waals surface area contributed by atoms with E-state index in [2.05, 4.69) is 65.5 Å². The maximum absolute atomic E-state index is 4.54. The molecule has 1 aromatic rings. The lowest BCUT2D eigenvalue weighted by Gasteiger charge is -2.19. The van der Waals surface area contributed by atoms with Crippen molar-refractivity contribution >= 4 is 21.7 Å². The summed E-state index contributed by atoms with van der Waals surface area (Å²) >= 11 is 3.42. The van der Waals surface area contributed by atoms with Gasteiger partial charge in [-0.05, 0) is 29.3 Å². The van der Waals surface area contributed by atoms with Gasteiger partial charge < -0.3 is 5.32 Å². The third-order valence-electron chi connectivity index (χ3n) is 2.28. The van der Waals surface area contributed by atoms with Crippen molar-refractivity contribution in [3.05, 3.63) is 29.1 Å². The van der Waals surface area contributed by atoms with Crippen LogP contribution in [0.1, 0.15) is 39.9 Å². The molecule has 0 saturated carbocycles. The molecule has 0 aliphatic heterocycles. The third-order valence-corrected chi connectivity index (χ3v) is 2.69. The number of aromatic nitrogens is 2. The molecule has 0 aromatic carbocycles. The third kappa shape index (κ3) is 4.46. The average Bonchev–Trinajstić information content (AvgIpc) is 2.15. The SMILES string of the molecule is C=CCC(C)Nc1cc(Br)nc(C(C)(C)C)n1. The minimum atomic E-state index is -0.0537. The van der Waals surface area contributed by atoms with Crippen molar-refractivity contribution < 1.29 is 0 Å². The highest BCUT2D eigenvalue weighted by molar-refractivity contribution is 9.10. The lowest BCUT2D eigenvalue weighted by atomic mass is 9.96. The normalized spacial score (nSPS) is 13.2. The fourth-order valence-corrected chi connectivity index (χ4v) is 1.77. The first kappa shape index (κ1) is 14.2. The molecule has 0 amide bonds. The first-order valence-corrected chi connectivity index (χ1v) is 6.54. The second-order valence-corrected chi connectivity index (χ2v) is 6.03. The van der Waals surface area contributed by atoms with E-state index in [0.717, 1.165) is 22.7 Å². The van der Waals surface area contributed by atoms with Crippen molar-refractivity contribution in [3.8, 4) is 0 Å². The van der Waals surface area contributed by atoms with Crippen LogP contribution in [0.5, 0.6) is 0 Å². The molecular weight excluding hydrogens is 278 g/mol. The molecule has 1 atom stereocenters. The van der Waals surface area contributed by atoms with E-state index in [0.29, 0.717) is 6.04 Å². The molecule has 1 N–H and O–H groups in total. The van der Waals surface area contributed by atoms with Crippen LogP contribution in [0.2, 0.25) is 0 Å². The van der Waals surface area contributed by atoms with E-state index in [1.165, 1.54) is 0 Å². The molecule has 0 saturated heterocycles. The summed E-state index contributed by atoms with van der Waals surface area (Å²) in [5, 5.41) is 3.34. The van der Waals surface area contributed by atoms with E-state index in [1.807, 2.05) is 12.1 Å². The van der Waals surface area contributed by atoms with Crippen LogP contribution in [-0.4, -0.2) is 16.0 Å². The Labute approximate surface area is 112 Å². The molecule has 1 heterocycles. The van der Waals surface area contributed by atoms with E-state index in [4.69, 9.17) is 0 Å². The molecule has 0 bridgehead atoms. The van der Waals surface area contributed by atoms with Gasteiger partial charge in [0.15, 0.2) is 0 Å². The van der Waals surface area contributed by atoms with Gasteiger partial charge in [-0.25, -0.2) is 9.97 Å². The number of rotatable bonds is 4. The van der Waals surface area contributed by atoms with Gasteiger partial charge in [0.2, 0.25) is 0 Å². The van der Waals surface area contributed by atoms with E-state index < -0.39 is 0 Å². The Kier molecular flexibility index (Phi) is 4.69. The summed E-state index contributed by atoms with van der Waals surface area (Å²) in [7, 11) is 0. The zero-order valence-electron chi connectivity index (χ0n) is 10.9. The summed E-state index contributed by atoms with van der Waals surface area (Å²) in [4.78, 5) is 8.94. The van der Waals surface area contributed by atoms with E-state index >= 15 is 0 Å². The Bertz CT molecular complexity index is 396. The van der Waals surface area contributed by atoms with Gasteiger partial charge in [-0.3, -0.25) is 0 Å². The Morgan fingerprint density at radius 1 is 1.47 bits per heavy atom. The van der Waals surface area contributed by atoms with Gasteiger partial charge in [-0.1, -0.05) is 26.8 Å². The van der Waals surface area contributed by atoms with Gasteiger partial charge in [-0.15, -0.1) is 6.58 Å². The summed E-state index contributed by atoms with van der Waals surface area (Å²) in [5.74, 6) is 1.69. The van der Waals surface area contributed by atoms with Crippen LogP contribution in [0.3, 0.4) is 0 Å². The van der Waals surface area contributed by atoms with Gasteiger partial charge in [-0.2, -0.15) is 0 Å². The van der Waals surface area contributed by atoms with Crippen LogP contribution in [-0.2, 0) is 5.41 Å². The predicted octanol–water partition coefficient (Wildman–Crippen LogP) is 3.91. The quantitative estimate of drug-likeness (QED) is 0.676. The lowest BCUT2D eigenvalue weighted by molar-refractivity contribution is 0.543. The van der Waals surface area contributed by atoms with Crippen LogP contribution in [0, 0.1) is 0 Å². The summed E-state index contributed by atoms with van der Waals surface area (Å²) in [5.41, 5.74) is -0.0537. The fraction of sp³-hybridized carbons (Fsp3) is 0.538. The van der Waals surface area contributed by atoms with Gasteiger partial charge in [0.25, 0.3) is 0 Å². The van der Waals surface area contributed by atoms with Crippen molar-refractivity contribution in [1.82, 2.24) is 9.97 Å². The number of anilines is 1. The van der Waals surface area contributed by atoms with E-state index in [-0.39, 0.29) is 5.41 Å². The second-order valence-electron chi connectivity index (χ2n) is 5.22. The van der Waals surface area contributed by atoms with E-state index in [1.54, 1.807) is 0 Å². The molecule has 1 unspecified atom stereocenters. The first-order valence-electron chi connectivity index (χ1n) is 5.75. The highest BCUT2D eigenvalue weighted by Gasteiger charge is 2.18. The molecular formula is C13H20BrN3. The highest BCUT2D eigenvalue weighted by Crippen LogP contribution is 2.22. The van der Waals surface area contributed by atoms with Crippen LogP contribution >= 0.6 is 15.9 Å². The number of hydrogen-bond acceptors (Lipinski definition) is 3. The largest absolute Gasteiger partial charge is 0.367 e. The van der Waals surface area contributed by atoms with E-state index in [9.17, 15) is 0 Å². The molecule has 94 valence electrons. The van der Waals surface area contributed by atoms with Crippen molar-refractivity contribution in [2.24, 2.45) is 0 Å². The molecule has 0 aliphatic rings. The number of hydrogen-bond donors (Lipinski definition) is 1. The maximum Gasteiger partial charge on any atom is 0.137 e. The van der Waals surface area contributed by atoms with Crippen molar-refractivity contribution in [1.29, 1.82) is 0 Å². The molecule has 1 aromatic heterocycles. The highest BCUT2D eigenvalue weighted by atomic mass is 79.9. The van der Waals surface area contributed by atoms with Crippen LogP contribution in [0.15, 0.2) is 23.3 Å². The summed E-state index contributed by atoms with van der Waals surface area (Å²) in [6, 6.07) is 2.22. The smallest absolute Gasteiger partial charge is 0.137 e. The Balaban J connectivity index is 2.94. The maximum atomic E-state index is 4.54. The molecule has 1 rings (SSSR count). The minimum Gasteiger partial charge on any atom is -0.367 e. The summed E-state index contributed by atoms with van der Waals surface area (Å²) in [6.07, 6.45) is 2.81. The van der Waals surface area contributed by atoms with Crippen molar-refractivity contribution in [3.63, 3.8) is 0 Å². The molecule has 0 aliphatic carbocycles. The minimum absolute atomic E-state index is 0.0537. The van der Waals surface area contributed by atoms with Gasteiger partial charge >= 0.3 is 0 Å². The monoisotopic (exact) mass is 297 g/mol. The second kappa shape index (κ2) is 5.63. The van der Waals surface area contributed by atoms with Crippen molar-refractivity contribution in [2.75, 3.05) is 5.32 Å². The number of nitrogens with zero attached hydrogens (tertiary/aromatic N) is 2. The van der Waals surface area contributed by atoms with Crippen LogP contribution < -0.4 is 5.32 Å². The number of nitrogens with one attached hydrogen (secondary N) is 1. The lowest BCUT2D eigenvalue weighted by Crippen LogP contribution is -2.20. The fourth-order valence-electron chi connectivity index (χ4n) is 1.39. The molecule has 3 nitrogen and oxygen atoms in total. The Morgan fingerprint density at radius 2 is 2.12 bits per heavy atom. The van der Waals surface area contributed by atoms with Crippen molar-refractivity contribution in [2.45, 2.75) is 45.6 Å². The summed E-state index contributed by atoms with van der Waals surface area (Å²) < 4.78 is 0.811. The molecule has 17 heavy (non-hydrogen) atoms.